The number of fused-ring (bicyclic) bond motifs is 1. The molecule has 0 spiro atoms. The second-order valence-electron chi connectivity index (χ2n) is 6.50. The molecule has 2 aliphatic heterocycles. The smallest absolute Gasteiger partial charge is 0.0666 e. The largest absolute Gasteiger partial charge is 0.398 e. The van der Waals surface area contributed by atoms with Crippen molar-refractivity contribution in [2.75, 3.05) is 18.9 Å². The van der Waals surface area contributed by atoms with Crippen molar-refractivity contribution in [3.63, 3.8) is 0 Å². The van der Waals surface area contributed by atoms with Crippen molar-refractivity contribution < 1.29 is 4.74 Å². The second kappa shape index (κ2) is 5.38. The van der Waals surface area contributed by atoms with E-state index in [-0.39, 0.29) is 5.60 Å². The molecule has 1 aromatic carbocycles. The highest BCUT2D eigenvalue weighted by atomic mass is 16.5. The van der Waals surface area contributed by atoms with Crippen molar-refractivity contribution in [2.45, 2.75) is 57.7 Å². The lowest BCUT2D eigenvalue weighted by molar-refractivity contribution is -0.0982. The Balaban J connectivity index is 1.75. The number of hydrogen-bond donors (Lipinski definition) is 1. The predicted octanol–water partition coefficient (Wildman–Crippen LogP) is 2.97. The Labute approximate surface area is 122 Å². The number of nitrogens with two attached hydrogens (primary N) is 1. The summed E-state index contributed by atoms with van der Waals surface area (Å²) in [5.41, 5.74) is 9.97. The lowest BCUT2D eigenvalue weighted by Crippen LogP contribution is -2.48. The zero-order valence-electron chi connectivity index (χ0n) is 12.7. The first-order valence-electron chi connectivity index (χ1n) is 7.85. The standard InChI is InChI=1S/C17H26N2O/c1-3-17(2)11-14(8-10-20-17)19-9-7-13-5-4-6-16(18)15(13)12-19/h4-6,14H,3,7-12,18H2,1-2H3. The Morgan fingerprint density at radius 1 is 1.45 bits per heavy atom. The van der Waals surface area contributed by atoms with Gasteiger partial charge >= 0.3 is 0 Å². The van der Waals surface area contributed by atoms with E-state index in [9.17, 15) is 0 Å². The van der Waals surface area contributed by atoms with Crippen LogP contribution in [-0.2, 0) is 17.7 Å². The fraction of sp³-hybridized carbons (Fsp3) is 0.647. The first kappa shape index (κ1) is 13.9. The molecule has 0 amide bonds. The van der Waals surface area contributed by atoms with Crippen molar-refractivity contribution in [2.24, 2.45) is 0 Å². The Kier molecular flexibility index (Phi) is 3.74. The Bertz CT molecular complexity index is 488. The van der Waals surface area contributed by atoms with Crippen molar-refractivity contribution in [3.8, 4) is 0 Å². The fourth-order valence-corrected chi connectivity index (χ4v) is 3.60. The van der Waals surface area contributed by atoms with Gasteiger partial charge in [0.25, 0.3) is 0 Å². The summed E-state index contributed by atoms with van der Waals surface area (Å²) >= 11 is 0. The van der Waals surface area contributed by atoms with Crippen molar-refractivity contribution in [1.82, 2.24) is 4.90 Å². The van der Waals surface area contributed by atoms with Crippen LogP contribution in [0.25, 0.3) is 0 Å². The third-order valence-electron chi connectivity index (χ3n) is 5.17. The number of nitrogens with zero attached hydrogens (tertiary/aromatic N) is 1. The third kappa shape index (κ3) is 2.57. The summed E-state index contributed by atoms with van der Waals surface area (Å²) in [5, 5.41) is 0. The molecule has 3 nitrogen and oxygen atoms in total. The summed E-state index contributed by atoms with van der Waals surface area (Å²) in [4.78, 5) is 2.62. The summed E-state index contributed by atoms with van der Waals surface area (Å²) in [7, 11) is 0. The molecule has 2 heterocycles. The van der Waals surface area contributed by atoms with Crippen molar-refractivity contribution >= 4 is 5.69 Å². The van der Waals surface area contributed by atoms with Gasteiger partial charge < -0.3 is 10.5 Å². The summed E-state index contributed by atoms with van der Waals surface area (Å²) in [6.07, 6.45) is 4.51. The van der Waals surface area contributed by atoms with Gasteiger partial charge in [0.15, 0.2) is 0 Å². The summed E-state index contributed by atoms with van der Waals surface area (Å²) < 4.78 is 5.98. The van der Waals surface area contributed by atoms with Gasteiger partial charge in [0.1, 0.15) is 0 Å². The van der Waals surface area contributed by atoms with Gasteiger partial charge in [-0.3, -0.25) is 4.90 Å². The average molecular weight is 274 g/mol. The zero-order chi connectivity index (χ0) is 14.2. The van der Waals surface area contributed by atoms with Crippen LogP contribution in [0, 0.1) is 0 Å². The van der Waals surface area contributed by atoms with Crippen molar-refractivity contribution in [3.05, 3.63) is 29.3 Å². The number of ether oxygens (including phenoxy) is 1. The van der Waals surface area contributed by atoms with Crippen LogP contribution >= 0.6 is 0 Å². The molecule has 1 fully saturated rings. The maximum Gasteiger partial charge on any atom is 0.0666 e. The van der Waals surface area contributed by atoms with Crippen LogP contribution in [0.4, 0.5) is 5.69 Å². The van der Waals surface area contributed by atoms with Gasteiger partial charge in [0.05, 0.1) is 5.60 Å². The molecule has 0 saturated carbocycles. The van der Waals surface area contributed by atoms with Gasteiger partial charge in [-0.15, -0.1) is 0 Å². The first-order chi connectivity index (χ1) is 9.61. The molecule has 1 aromatic rings. The van der Waals surface area contributed by atoms with Crippen LogP contribution < -0.4 is 5.73 Å². The molecule has 3 heteroatoms. The van der Waals surface area contributed by atoms with E-state index < -0.39 is 0 Å². The minimum atomic E-state index is 0.0609. The normalized spacial score (nSPS) is 31.0. The lowest BCUT2D eigenvalue weighted by atomic mass is 9.87. The molecule has 2 unspecified atom stereocenters. The van der Waals surface area contributed by atoms with E-state index >= 15 is 0 Å². The number of anilines is 1. The van der Waals surface area contributed by atoms with Gasteiger partial charge in [-0.05, 0) is 49.8 Å². The first-order valence-corrected chi connectivity index (χ1v) is 7.85. The molecule has 3 rings (SSSR count). The van der Waals surface area contributed by atoms with Crippen LogP contribution in [0.5, 0.6) is 0 Å². The van der Waals surface area contributed by atoms with E-state index in [1.54, 1.807) is 0 Å². The average Bonchev–Trinajstić information content (AvgIpc) is 2.47. The highest BCUT2D eigenvalue weighted by Gasteiger charge is 2.35. The molecule has 1 saturated heterocycles. The van der Waals surface area contributed by atoms with Crippen LogP contribution in [-0.4, -0.2) is 29.7 Å². The highest BCUT2D eigenvalue weighted by Crippen LogP contribution is 2.33. The Morgan fingerprint density at radius 2 is 2.30 bits per heavy atom. The minimum Gasteiger partial charge on any atom is -0.398 e. The maximum absolute atomic E-state index is 6.16. The van der Waals surface area contributed by atoms with Gasteiger partial charge in [-0.1, -0.05) is 19.1 Å². The third-order valence-corrected chi connectivity index (χ3v) is 5.17. The van der Waals surface area contributed by atoms with E-state index in [0.717, 1.165) is 51.1 Å². The monoisotopic (exact) mass is 274 g/mol. The fourth-order valence-electron chi connectivity index (χ4n) is 3.60. The quantitative estimate of drug-likeness (QED) is 0.843. The lowest BCUT2D eigenvalue weighted by Gasteiger charge is -2.44. The van der Waals surface area contributed by atoms with Gasteiger partial charge in [-0.25, -0.2) is 0 Å². The molecule has 2 N–H and O–H groups in total. The van der Waals surface area contributed by atoms with Gasteiger partial charge in [0, 0.05) is 31.4 Å². The Hall–Kier alpha value is -1.06. The van der Waals surface area contributed by atoms with E-state index in [0.29, 0.717) is 6.04 Å². The van der Waals surface area contributed by atoms with E-state index in [2.05, 4.69) is 30.9 Å². The number of rotatable bonds is 2. The molecule has 0 aliphatic carbocycles. The predicted molar refractivity (Wildman–Crippen MR) is 82.6 cm³/mol. The second-order valence-corrected chi connectivity index (χ2v) is 6.50. The molecule has 0 aromatic heterocycles. The number of nitrogen functional groups attached to an aromatic ring is 1. The van der Waals surface area contributed by atoms with Gasteiger partial charge in [0.2, 0.25) is 0 Å². The van der Waals surface area contributed by atoms with E-state index in [4.69, 9.17) is 10.5 Å². The van der Waals surface area contributed by atoms with Crippen LogP contribution in [0.2, 0.25) is 0 Å². The molecular weight excluding hydrogens is 248 g/mol. The molecule has 0 radical (unpaired) electrons. The van der Waals surface area contributed by atoms with Crippen molar-refractivity contribution in [1.29, 1.82) is 0 Å². The van der Waals surface area contributed by atoms with Gasteiger partial charge in [-0.2, -0.15) is 0 Å². The minimum absolute atomic E-state index is 0.0609. The SMILES string of the molecule is CCC1(C)CC(N2CCc3cccc(N)c3C2)CCO1. The molecule has 20 heavy (non-hydrogen) atoms. The Morgan fingerprint density at radius 3 is 3.10 bits per heavy atom. The summed E-state index contributed by atoms with van der Waals surface area (Å²) in [5.74, 6) is 0. The van der Waals surface area contributed by atoms with Crippen LogP contribution in [0.3, 0.4) is 0 Å². The molecular formula is C17H26N2O. The summed E-state index contributed by atoms with van der Waals surface area (Å²) in [6, 6.07) is 6.97. The number of hydrogen-bond acceptors (Lipinski definition) is 3. The molecule has 2 atom stereocenters. The molecule has 0 bridgehead atoms. The highest BCUT2D eigenvalue weighted by molar-refractivity contribution is 5.51. The van der Waals surface area contributed by atoms with Crippen LogP contribution in [0.1, 0.15) is 44.2 Å². The summed E-state index contributed by atoms with van der Waals surface area (Å²) in [6.45, 7) is 7.54. The molecule has 2 aliphatic rings. The number of benzene rings is 1. The maximum atomic E-state index is 6.16. The van der Waals surface area contributed by atoms with Crippen LogP contribution in [0.15, 0.2) is 18.2 Å². The zero-order valence-corrected chi connectivity index (χ0v) is 12.7. The molecule has 110 valence electrons. The topological polar surface area (TPSA) is 38.5 Å². The van der Waals surface area contributed by atoms with E-state index in [1.807, 2.05) is 6.07 Å². The van der Waals surface area contributed by atoms with E-state index in [1.165, 1.54) is 11.1 Å².